The van der Waals surface area contributed by atoms with Crippen LogP contribution >= 0.6 is 0 Å². The fourth-order valence-electron chi connectivity index (χ4n) is 13.4. The summed E-state index contributed by atoms with van der Waals surface area (Å²) in [6, 6.07) is 89.7. The van der Waals surface area contributed by atoms with Crippen molar-refractivity contribution in [2.24, 2.45) is 0 Å². The Balaban J connectivity index is 1.12. The van der Waals surface area contributed by atoms with Crippen molar-refractivity contribution in [1.29, 1.82) is 0 Å². The van der Waals surface area contributed by atoms with Crippen LogP contribution in [0.4, 0.5) is 17.1 Å². The molecule has 0 atom stereocenters. The van der Waals surface area contributed by atoms with Crippen LogP contribution in [-0.4, -0.2) is 0 Å². The molecule has 3 aliphatic carbocycles. The smallest absolute Gasteiger partial charge is 0.0726 e. The zero-order valence-corrected chi connectivity index (χ0v) is 38.5. The van der Waals surface area contributed by atoms with Crippen molar-refractivity contribution in [3.63, 3.8) is 0 Å². The molecule has 0 amide bonds. The molecule has 69 heavy (non-hydrogen) atoms. The van der Waals surface area contributed by atoms with Gasteiger partial charge in [0.2, 0.25) is 0 Å². The lowest BCUT2D eigenvalue weighted by atomic mass is 9.70. The molecule has 1 heteroatoms. The lowest BCUT2D eigenvalue weighted by molar-refractivity contribution is 0.661. The van der Waals surface area contributed by atoms with Crippen LogP contribution in [0.15, 0.2) is 237 Å². The largest absolute Gasteiger partial charge is 0.310 e. The standard InChI is InChI=1S/C68H45N/c1-67(2)59-32-13-9-28-53(59)55-31-18-36-64(66(55)67)69(43-37-38-50-48-24-6-5-22-46(48)47-23-7-8-25-49(47)56(50)39-43)65-41-63-57(40-58(65)45-30-17-20-42-19-3-4-21-44(42)45)54-29-12-16-35-62(54)68(63)60-33-14-10-26-51(60)52-27-11-15-34-61(52)68/h3-41H,1-2H3. The fraction of sp³-hybridized carbons (Fsp3) is 0.0588. The third-order valence-electron chi connectivity index (χ3n) is 16.2. The molecular formula is C68H45N. The van der Waals surface area contributed by atoms with Crippen LogP contribution < -0.4 is 4.90 Å². The minimum atomic E-state index is -0.524. The van der Waals surface area contributed by atoms with E-state index in [4.69, 9.17) is 0 Å². The van der Waals surface area contributed by atoms with Crippen molar-refractivity contribution in [3.8, 4) is 44.5 Å². The Morgan fingerprint density at radius 2 is 0.725 bits per heavy atom. The quantitative estimate of drug-likeness (QED) is 0.159. The number of rotatable bonds is 4. The van der Waals surface area contributed by atoms with Gasteiger partial charge in [0.15, 0.2) is 0 Å². The van der Waals surface area contributed by atoms with Crippen LogP contribution in [0, 0.1) is 0 Å². The van der Waals surface area contributed by atoms with Crippen LogP contribution in [0.5, 0.6) is 0 Å². The molecule has 12 aromatic carbocycles. The molecular weight excluding hydrogens is 831 g/mol. The van der Waals surface area contributed by atoms with Gasteiger partial charge in [-0.25, -0.2) is 0 Å². The highest BCUT2D eigenvalue weighted by atomic mass is 15.1. The molecule has 0 bridgehead atoms. The van der Waals surface area contributed by atoms with Gasteiger partial charge in [0, 0.05) is 16.7 Å². The summed E-state index contributed by atoms with van der Waals surface area (Å²) < 4.78 is 0. The van der Waals surface area contributed by atoms with Gasteiger partial charge in [0.05, 0.1) is 16.8 Å². The summed E-state index contributed by atoms with van der Waals surface area (Å²) in [6.45, 7) is 4.84. The van der Waals surface area contributed by atoms with E-state index in [1.54, 1.807) is 0 Å². The van der Waals surface area contributed by atoms with E-state index in [0.717, 1.165) is 11.4 Å². The van der Waals surface area contributed by atoms with Gasteiger partial charge in [-0.15, -0.1) is 0 Å². The average Bonchev–Trinajstić information content (AvgIpc) is 3.96. The molecule has 0 saturated heterocycles. The van der Waals surface area contributed by atoms with E-state index in [1.165, 1.54) is 127 Å². The first-order valence-electron chi connectivity index (χ1n) is 24.3. The second kappa shape index (κ2) is 14.0. The monoisotopic (exact) mass is 875 g/mol. The fourth-order valence-corrected chi connectivity index (χ4v) is 13.4. The lowest BCUT2D eigenvalue weighted by Crippen LogP contribution is -2.26. The maximum atomic E-state index is 2.65. The minimum absolute atomic E-state index is 0.280. The van der Waals surface area contributed by atoms with E-state index in [1.807, 2.05) is 0 Å². The number of hydrogen-bond acceptors (Lipinski definition) is 1. The van der Waals surface area contributed by atoms with Crippen LogP contribution in [-0.2, 0) is 10.8 Å². The Labute approximate surface area is 402 Å². The number of nitrogens with zero attached hydrogens (tertiary/aromatic N) is 1. The molecule has 0 N–H and O–H groups in total. The van der Waals surface area contributed by atoms with Gasteiger partial charge >= 0.3 is 0 Å². The maximum Gasteiger partial charge on any atom is 0.0726 e. The van der Waals surface area contributed by atoms with Gasteiger partial charge in [-0.1, -0.05) is 220 Å². The Hall–Kier alpha value is -8.52. The van der Waals surface area contributed by atoms with Crippen molar-refractivity contribution >= 4 is 60.2 Å². The number of fused-ring (bicyclic) bond motifs is 20. The van der Waals surface area contributed by atoms with E-state index in [2.05, 4.69) is 255 Å². The zero-order chi connectivity index (χ0) is 45.6. The van der Waals surface area contributed by atoms with Gasteiger partial charge in [-0.05, 0) is 146 Å². The second-order valence-corrected chi connectivity index (χ2v) is 19.9. The Bertz CT molecular complexity index is 4100. The predicted molar refractivity (Wildman–Crippen MR) is 290 cm³/mol. The van der Waals surface area contributed by atoms with Crippen LogP contribution in [0.25, 0.3) is 87.6 Å². The van der Waals surface area contributed by atoms with Crippen molar-refractivity contribution < 1.29 is 0 Å². The number of anilines is 3. The Morgan fingerprint density at radius 3 is 1.36 bits per heavy atom. The van der Waals surface area contributed by atoms with Gasteiger partial charge in [0.1, 0.15) is 0 Å². The molecule has 0 heterocycles. The first-order chi connectivity index (χ1) is 34.0. The normalized spacial score (nSPS) is 14.2. The molecule has 0 unspecified atom stereocenters. The molecule has 12 aromatic rings. The van der Waals surface area contributed by atoms with Gasteiger partial charge in [-0.2, -0.15) is 0 Å². The number of benzene rings is 12. The summed E-state index contributed by atoms with van der Waals surface area (Å²) in [4.78, 5) is 2.65. The van der Waals surface area contributed by atoms with E-state index in [-0.39, 0.29) is 5.41 Å². The van der Waals surface area contributed by atoms with Crippen LogP contribution in [0.1, 0.15) is 47.2 Å². The zero-order valence-electron chi connectivity index (χ0n) is 38.5. The molecule has 3 aliphatic rings. The van der Waals surface area contributed by atoms with Gasteiger partial charge in [-0.3, -0.25) is 0 Å². The molecule has 0 aromatic heterocycles. The highest BCUT2D eigenvalue weighted by Crippen LogP contribution is 2.65. The van der Waals surface area contributed by atoms with Gasteiger partial charge < -0.3 is 4.90 Å². The molecule has 0 fully saturated rings. The summed E-state index contributed by atoms with van der Waals surface area (Å²) in [5.41, 5.74) is 20.9. The van der Waals surface area contributed by atoms with Crippen LogP contribution in [0.3, 0.4) is 0 Å². The van der Waals surface area contributed by atoms with E-state index in [9.17, 15) is 0 Å². The minimum Gasteiger partial charge on any atom is -0.310 e. The third-order valence-corrected chi connectivity index (χ3v) is 16.2. The lowest BCUT2D eigenvalue weighted by Gasteiger charge is -2.36. The van der Waals surface area contributed by atoms with Crippen molar-refractivity contribution in [2.45, 2.75) is 24.7 Å². The summed E-state index contributed by atoms with van der Waals surface area (Å²) in [7, 11) is 0. The highest BCUT2D eigenvalue weighted by Gasteiger charge is 2.52. The molecule has 15 rings (SSSR count). The first kappa shape index (κ1) is 38.6. The maximum absolute atomic E-state index is 2.65. The van der Waals surface area contributed by atoms with E-state index in [0.29, 0.717) is 0 Å². The Kier molecular flexibility index (Phi) is 7.83. The SMILES string of the molecule is CC1(C)c2ccccc2-c2cccc(N(c3ccc4c5ccccc5c5ccccc5c4c3)c3cc4c(cc3-c3cccc5ccccc35)-c3ccccc3C43c4ccccc4-c4ccccc43)c21. The second-order valence-electron chi connectivity index (χ2n) is 19.9. The average molecular weight is 876 g/mol. The molecule has 1 nitrogen and oxygen atoms in total. The molecule has 1 spiro atoms. The Morgan fingerprint density at radius 1 is 0.275 bits per heavy atom. The predicted octanol–water partition coefficient (Wildman–Crippen LogP) is 18.1. The first-order valence-corrected chi connectivity index (χ1v) is 24.3. The summed E-state index contributed by atoms with van der Waals surface area (Å²) in [6.07, 6.45) is 0. The van der Waals surface area contributed by atoms with E-state index >= 15 is 0 Å². The number of hydrogen-bond donors (Lipinski definition) is 0. The molecule has 0 aliphatic heterocycles. The highest BCUT2D eigenvalue weighted by molar-refractivity contribution is 6.26. The van der Waals surface area contributed by atoms with Crippen molar-refractivity contribution in [3.05, 3.63) is 270 Å². The molecule has 0 saturated carbocycles. The summed E-state index contributed by atoms with van der Waals surface area (Å²) in [5.74, 6) is 0. The summed E-state index contributed by atoms with van der Waals surface area (Å²) in [5, 5.41) is 10.1. The van der Waals surface area contributed by atoms with E-state index < -0.39 is 5.41 Å². The third kappa shape index (κ3) is 5.04. The van der Waals surface area contributed by atoms with Crippen molar-refractivity contribution in [2.75, 3.05) is 4.90 Å². The van der Waals surface area contributed by atoms with Crippen molar-refractivity contribution in [1.82, 2.24) is 0 Å². The van der Waals surface area contributed by atoms with Crippen LogP contribution in [0.2, 0.25) is 0 Å². The molecule has 0 radical (unpaired) electrons. The topological polar surface area (TPSA) is 3.24 Å². The molecule has 322 valence electrons. The van der Waals surface area contributed by atoms with Gasteiger partial charge in [0.25, 0.3) is 0 Å². The summed E-state index contributed by atoms with van der Waals surface area (Å²) >= 11 is 0.